The Balaban J connectivity index is 1.58. The maximum atomic E-state index is 11.9. The second kappa shape index (κ2) is 6.95. The normalized spacial score (nSPS) is 19.5. The highest BCUT2D eigenvalue weighted by atomic mass is 16.1. The molecule has 4 nitrogen and oxygen atoms in total. The number of carbonyl (C=O) groups excluding carboxylic acids is 1. The molecule has 4 heteroatoms. The Hall–Kier alpha value is -2.85. The number of H-pyrrole nitrogens is 1. The minimum absolute atomic E-state index is 0.684. The van der Waals surface area contributed by atoms with Gasteiger partial charge in [-0.2, -0.15) is 0 Å². The number of hydrogen-bond acceptors (Lipinski definition) is 2. The molecule has 1 fully saturated rings. The van der Waals surface area contributed by atoms with Crippen molar-refractivity contribution in [2.75, 3.05) is 18.0 Å². The topological polar surface area (TPSA) is 39.3 Å². The zero-order valence-electron chi connectivity index (χ0n) is 16.2. The maximum Gasteiger partial charge on any atom is 0.218 e. The lowest BCUT2D eigenvalue weighted by molar-refractivity contribution is -0.106. The molecule has 3 aromatic rings. The molecule has 0 radical (unpaired) electrons. The van der Waals surface area contributed by atoms with Crippen LogP contribution in [-0.4, -0.2) is 35.4 Å². The average molecular weight is 371 g/mol. The number of hydrogen-bond donors (Lipinski definition) is 1. The van der Waals surface area contributed by atoms with E-state index in [1.54, 1.807) is 4.90 Å². The molecule has 2 aliphatic rings. The van der Waals surface area contributed by atoms with Crippen LogP contribution in [0.3, 0.4) is 0 Å². The number of rotatable bonds is 4. The smallest absolute Gasteiger partial charge is 0.218 e. The first-order valence-corrected chi connectivity index (χ1v) is 10.1. The van der Waals surface area contributed by atoms with Crippen LogP contribution in [0.2, 0.25) is 0 Å². The van der Waals surface area contributed by atoms with Gasteiger partial charge in [0, 0.05) is 46.1 Å². The summed E-state index contributed by atoms with van der Waals surface area (Å²) in [6, 6.07) is 16.7. The third-order valence-corrected chi connectivity index (χ3v) is 6.24. The number of carbonyl (C=O) groups is 1. The highest BCUT2D eigenvalue weighted by Gasteiger charge is 2.29. The Morgan fingerprint density at radius 1 is 1.14 bits per heavy atom. The molecule has 142 valence electrons. The molecule has 1 unspecified atom stereocenters. The number of aryl methyl sites for hydroxylation is 1. The Morgan fingerprint density at radius 2 is 2.00 bits per heavy atom. The van der Waals surface area contributed by atoms with E-state index in [-0.39, 0.29) is 0 Å². The van der Waals surface area contributed by atoms with Crippen molar-refractivity contribution in [3.05, 3.63) is 65.9 Å². The van der Waals surface area contributed by atoms with E-state index in [4.69, 9.17) is 0 Å². The molecule has 0 saturated carbocycles. The summed E-state index contributed by atoms with van der Waals surface area (Å²) in [5, 5.41) is 1.20. The van der Waals surface area contributed by atoms with Gasteiger partial charge in [0.2, 0.25) is 6.41 Å². The van der Waals surface area contributed by atoms with Crippen LogP contribution >= 0.6 is 0 Å². The summed E-state index contributed by atoms with van der Waals surface area (Å²) in [5.74, 6) is 0. The number of nitrogens with one attached hydrogen (secondary N) is 1. The third kappa shape index (κ3) is 2.85. The van der Waals surface area contributed by atoms with Gasteiger partial charge in [0.1, 0.15) is 0 Å². The van der Waals surface area contributed by atoms with Crippen LogP contribution < -0.4 is 4.90 Å². The lowest BCUT2D eigenvalue weighted by Crippen LogP contribution is -2.32. The van der Waals surface area contributed by atoms with E-state index in [2.05, 4.69) is 35.0 Å². The second-order valence-corrected chi connectivity index (χ2v) is 7.89. The van der Waals surface area contributed by atoms with Crippen LogP contribution in [0.1, 0.15) is 30.5 Å². The first-order chi connectivity index (χ1) is 13.7. The Bertz CT molecular complexity index is 1050. The standard InChI is InChI=1S/C24H25N3O/c1-17-24(18-11-13-26-12-5-8-20(26)14-18)22-15-21(9-10-23(22)25-17)27(16-28)19-6-3-2-4-7-19/h2-4,6-7,9-11,15-16,20,25H,5,8,12-14H2,1H3. The maximum absolute atomic E-state index is 11.9. The highest BCUT2D eigenvalue weighted by molar-refractivity contribution is 5.99. The molecule has 1 saturated heterocycles. The largest absolute Gasteiger partial charge is 0.358 e. The number of amides is 1. The van der Waals surface area contributed by atoms with Crippen molar-refractivity contribution in [2.45, 2.75) is 32.2 Å². The first kappa shape index (κ1) is 17.3. The zero-order chi connectivity index (χ0) is 19.1. The van der Waals surface area contributed by atoms with E-state index >= 15 is 0 Å². The lowest BCUT2D eigenvalue weighted by Gasteiger charge is -2.29. The SMILES string of the molecule is Cc1[nH]c2ccc(N(C=O)c3ccccc3)cc2c1C1=CCN2CCCC2C1. The van der Waals surface area contributed by atoms with Crippen molar-refractivity contribution in [3.8, 4) is 0 Å². The summed E-state index contributed by atoms with van der Waals surface area (Å²) in [5.41, 5.74) is 6.88. The average Bonchev–Trinajstić information content (AvgIpc) is 3.32. The van der Waals surface area contributed by atoms with E-state index in [0.29, 0.717) is 6.04 Å². The minimum Gasteiger partial charge on any atom is -0.358 e. The first-order valence-electron chi connectivity index (χ1n) is 10.1. The number of fused-ring (bicyclic) bond motifs is 2. The van der Waals surface area contributed by atoms with E-state index in [9.17, 15) is 4.79 Å². The van der Waals surface area contributed by atoms with Crippen molar-refractivity contribution in [1.82, 2.24) is 9.88 Å². The van der Waals surface area contributed by atoms with Crippen LogP contribution in [-0.2, 0) is 4.79 Å². The van der Waals surface area contributed by atoms with Gasteiger partial charge in [-0.25, -0.2) is 0 Å². The van der Waals surface area contributed by atoms with Crippen molar-refractivity contribution in [2.24, 2.45) is 0 Å². The van der Waals surface area contributed by atoms with Gasteiger partial charge in [-0.1, -0.05) is 24.3 Å². The van der Waals surface area contributed by atoms with E-state index in [1.807, 2.05) is 36.4 Å². The van der Waals surface area contributed by atoms with Gasteiger partial charge in [-0.05, 0) is 68.6 Å². The van der Waals surface area contributed by atoms with Crippen molar-refractivity contribution in [1.29, 1.82) is 0 Å². The fourth-order valence-corrected chi connectivity index (χ4v) is 4.87. The van der Waals surface area contributed by atoms with Crippen LogP contribution in [0.4, 0.5) is 11.4 Å². The number of anilines is 2. The molecule has 1 N–H and O–H groups in total. The molecule has 1 atom stereocenters. The van der Waals surface area contributed by atoms with Crippen LogP contribution in [0.25, 0.3) is 16.5 Å². The van der Waals surface area contributed by atoms with Gasteiger partial charge < -0.3 is 4.98 Å². The molecule has 0 aliphatic carbocycles. The lowest BCUT2D eigenvalue weighted by atomic mass is 9.92. The summed E-state index contributed by atoms with van der Waals surface area (Å²) < 4.78 is 0. The summed E-state index contributed by atoms with van der Waals surface area (Å²) in [4.78, 5) is 19.7. The van der Waals surface area contributed by atoms with Crippen molar-refractivity contribution >= 4 is 34.3 Å². The molecule has 2 aliphatic heterocycles. The van der Waals surface area contributed by atoms with Gasteiger partial charge in [0.05, 0.1) is 0 Å². The third-order valence-electron chi connectivity index (χ3n) is 6.24. The molecular formula is C24H25N3O. The van der Waals surface area contributed by atoms with E-state index in [0.717, 1.165) is 36.3 Å². The fourth-order valence-electron chi connectivity index (χ4n) is 4.87. The zero-order valence-corrected chi connectivity index (χ0v) is 16.2. The van der Waals surface area contributed by atoms with Gasteiger partial charge in [0.25, 0.3) is 0 Å². The number of para-hydroxylation sites is 1. The summed E-state index contributed by atoms with van der Waals surface area (Å²) in [6.45, 7) is 4.44. The van der Waals surface area contributed by atoms with E-state index < -0.39 is 0 Å². The quantitative estimate of drug-likeness (QED) is 0.654. The predicted molar refractivity (Wildman–Crippen MR) is 115 cm³/mol. The van der Waals surface area contributed by atoms with Crippen LogP contribution in [0, 0.1) is 6.92 Å². The van der Waals surface area contributed by atoms with Crippen LogP contribution in [0.15, 0.2) is 54.6 Å². The fraction of sp³-hybridized carbons (Fsp3) is 0.292. The van der Waals surface area contributed by atoms with Gasteiger partial charge in [-0.15, -0.1) is 0 Å². The van der Waals surface area contributed by atoms with E-state index in [1.165, 1.54) is 41.6 Å². The van der Waals surface area contributed by atoms with Crippen molar-refractivity contribution in [3.63, 3.8) is 0 Å². The number of aromatic amines is 1. The van der Waals surface area contributed by atoms with Crippen LogP contribution in [0.5, 0.6) is 0 Å². The molecule has 28 heavy (non-hydrogen) atoms. The minimum atomic E-state index is 0.684. The Labute approximate surface area is 165 Å². The van der Waals surface area contributed by atoms with Gasteiger partial charge in [0.15, 0.2) is 0 Å². The van der Waals surface area contributed by atoms with Gasteiger partial charge >= 0.3 is 0 Å². The Kier molecular flexibility index (Phi) is 4.29. The van der Waals surface area contributed by atoms with Crippen molar-refractivity contribution < 1.29 is 4.79 Å². The molecule has 3 heterocycles. The molecule has 0 bridgehead atoms. The summed E-state index contributed by atoms with van der Waals surface area (Å²) in [6.07, 6.45) is 7.03. The number of aromatic nitrogens is 1. The van der Waals surface area contributed by atoms with Gasteiger partial charge in [-0.3, -0.25) is 14.6 Å². The predicted octanol–water partition coefficient (Wildman–Crippen LogP) is 5.02. The molecule has 0 spiro atoms. The summed E-state index contributed by atoms with van der Waals surface area (Å²) in [7, 11) is 0. The summed E-state index contributed by atoms with van der Waals surface area (Å²) >= 11 is 0. The Morgan fingerprint density at radius 3 is 2.82 bits per heavy atom. The molecule has 1 aromatic heterocycles. The molecule has 1 amide bonds. The number of benzene rings is 2. The highest BCUT2D eigenvalue weighted by Crippen LogP contribution is 2.38. The number of nitrogens with zero attached hydrogens (tertiary/aromatic N) is 2. The molecular weight excluding hydrogens is 346 g/mol. The monoisotopic (exact) mass is 371 g/mol. The second-order valence-electron chi connectivity index (χ2n) is 7.89. The molecule has 2 aromatic carbocycles. The molecule has 5 rings (SSSR count).